The van der Waals surface area contributed by atoms with Crippen molar-refractivity contribution in [3.63, 3.8) is 0 Å². The monoisotopic (exact) mass is 365 g/mol. The van der Waals surface area contributed by atoms with Gasteiger partial charge >= 0.3 is 6.18 Å². The van der Waals surface area contributed by atoms with E-state index in [4.69, 9.17) is 9.47 Å². The number of para-hydroxylation sites is 2. The molecule has 2 atom stereocenters. The molecule has 4 nitrogen and oxygen atoms in total. The highest BCUT2D eigenvalue weighted by molar-refractivity contribution is 5.81. The van der Waals surface area contributed by atoms with Crippen molar-refractivity contribution >= 4 is 5.91 Å². The SMILES string of the molecule is C[C@@H](Oc1ccccc1C(F)(F)F)C(=O)N[C@@H]1COc2ccccc2C1. The zero-order valence-corrected chi connectivity index (χ0v) is 14.0. The lowest BCUT2D eigenvalue weighted by Gasteiger charge is -2.27. The van der Waals surface area contributed by atoms with Crippen molar-refractivity contribution in [1.82, 2.24) is 5.32 Å². The van der Waals surface area contributed by atoms with Gasteiger partial charge in [-0.15, -0.1) is 0 Å². The number of benzene rings is 2. The zero-order valence-electron chi connectivity index (χ0n) is 14.0. The fourth-order valence-corrected chi connectivity index (χ4v) is 2.79. The molecule has 0 spiro atoms. The maximum Gasteiger partial charge on any atom is 0.419 e. The van der Waals surface area contributed by atoms with Crippen molar-refractivity contribution in [2.75, 3.05) is 6.61 Å². The maximum atomic E-state index is 13.0. The van der Waals surface area contributed by atoms with Crippen LogP contribution in [0.1, 0.15) is 18.1 Å². The molecular weight excluding hydrogens is 347 g/mol. The minimum absolute atomic E-state index is 0.263. The van der Waals surface area contributed by atoms with E-state index in [-0.39, 0.29) is 11.8 Å². The summed E-state index contributed by atoms with van der Waals surface area (Å²) >= 11 is 0. The summed E-state index contributed by atoms with van der Waals surface area (Å²) in [7, 11) is 0. The van der Waals surface area contributed by atoms with Gasteiger partial charge in [0.15, 0.2) is 6.10 Å². The fourth-order valence-electron chi connectivity index (χ4n) is 2.79. The van der Waals surface area contributed by atoms with E-state index in [2.05, 4.69) is 5.32 Å². The van der Waals surface area contributed by atoms with Crippen molar-refractivity contribution < 1.29 is 27.4 Å². The number of halogens is 3. The molecule has 26 heavy (non-hydrogen) atoms. The first-order valence-corrected chi connectivity index (χ1v) is 8.18. The van der Waals surface area contributed by atoms with Crippen LogP contribution in [0.4, 0.5) is 13.2 Å². The third-order valence-electron chi connectivity index (χ3n) is 4.09. The number of nitrogens with one attached hydrogen (secondary N) is 1. The third kappa shape index (κ3) is 4.09. The molecule has 1 aliphatic heterocycles. The highest BCUT2D eigenvalue weighted by Crippen LogP contribution is 2.36. The van der Waals surface area contributed by atoms with E-state index in [0.29, 0.717) is 13.0 Å². The van der Waals surface area contributed by atoms with Crippen molar-refractivity contribution in [2.45, 2.75) is 31.7 Å². The molecule has 0 unspecified atom stereocenters. The van der Waals surface area contributed by atoms with Crippen LogP contribution in [0.15, 0.2) is 48.5 Å². The molecule has 138 valence electrons. The first kappa shape index (κ1) is 18.1. The quantitative estimate of drug-likeness (QED) is 0.901. The second-order valence-electron chi connectivity index (χ2n) is 6.08. The molecule has 1 amide bonds. The molecule has 0 radical (unpaired) electrons. The number of carbonyl (C=O) groups excluding carboxylic acids is 1. The summed E-state index contributed by atoms with van der Waals surface area (Å²) in [6.45, 7) is 1.72. The minimum atomic E-state index is -4.55. The number of rotatable bonds is 4. The Labute approximate surface area is 148 Å². The van der Waals surface area contributed by atoms with Gasteiger partial charge in [-0.1, -0.05) is 30.3 Å². The Hall–Kier alpha value is -2.70. The van der Waals surface area contributed by atoms with E-state index in [9.17, 15) is 18.0 Å². The van der Waals surface area contributed by atoms with Crippen LogP contribution >= 0.6 is 0 Å². The van der Waals surface area contributed by atoms with Crippen LogP contribution in [0.3, 0.4) is 0 Å². The standard InChI is InChI=1S/C19H18F3NO3/c1-12(26-17-9-5-3-7-15(17)19(20,21)22)18(24)23-14-10-13-6-2-4-8-16(13)25-11-14/h2-9,12,14H,10-11H2,1H3,(H,23,24)/t12-,14+/m1/s1. The topological polar surface area (TPSA) is 47.6 Å². The third-order valence-corrected chi connectivity index (χ3v) is 4.09. The summed E-state index contributed by atoms with van der Waals surface area (Å²) in [5.74, 6) is -0.0794. The zero-order chi connectivity index (χ0) is 18.7. The summed E-state index contributed by atoms with van der Waals surface area (Å²) in [5, 5.41) is 2.77. The number of alkyl halides is 3. The Morgan fingerprint density at radius 2 is 1.88 bits per heavy atom. The Balaban J connectivity index is 1.63. The molecule has 0 fully saturated rings. The number of fused-ring (bicyclic) bond motifs is 1. The van der Waals surface area contributed by atoms with Gasteiger partial charge in [0.05, 0.1) is 11.6 Å². The van der Waals surface area contributed by atoms with Crippen LogP contribution in [0.5, 0.6) is 11.5 Å². The molecule has 1 N–H and O–H groups in total. The van der Waals surface area contributed by atoms with Crippen LogP contribution in [0.2, 0.25) is 0 Å². The molecule has 0 aromatic heterocycles. The molecule has 0 saturated carbocycles. The number of hydrogen-bond donors (Lipinski definition) is 1. The maximum absolute atomic E-state index is 13.0. The number of ether oxygens (including phenoxy) is 2. The van der Waals surface area contributed by atoms with Gasteiger partial charge in [-0.25, -0.2) is 0 Å². The summed E-state index contributed by atoms with van der Waals surface area (Å²) < 4.78 is 49.9. The Kier molecular flexibility index (Phi) is 5.06. The van der Waals surface area contributed by atoms with Gasteiger partial charge in [0.2, 0.25) is 0 Å². The molecule has 0 aliphatic carbocycles. The summed E-state index contributed by atoms with van der Waals surface area (Å²) in [6, 6.07) is 12.1. The normalized spacial score (nSPS) is 17.6. The largest absolute Gasteiger partial charge is 0.491 e. The van der Waals surface area contributed by atoms with Crippen LogP contribution in [-0.2, 0) is 17.4 Å². The number of amides is 1. The van der Waals surface area contributed by atoms with Crippen LogP contribution < -0.4 is 14.8 Å². The molecule has 1 aliphatic rings. The molecule has 3 rings (SSSR count). The fraction of sp³-hybridized carbons (Fsp3) is 0.316. The summed E-state index contributed by atoms with van der Waals surface area (Å²) in [5.41, 5.74) is 0.0645. The Bertz CT molecular complexity index is 792. The van der Waals surface area contributed by atoms with Gasteiger partial charge in [0, 0.05) is 0 Å². The van der Waals surface area contributed by atoms with Crippen LogP contribution in [0.25, 0.3) is 0 Å². The second-order valence-corrected chi connectivity index (χ2v) is 6.08. The highest BCUT2D eigenvalue weighted by Gasteiger charge is 2.35. The van der Waals surface area contributed by atoms with E-state index >= 15 is 0 Å². The van der Waals surface area contributed by atoms with Gasteiger partial charge in [0.25, 0.3) is 5.91 Å². The van der Waals surface area contributed by atoms with E-state index in [1.165, 1.54) is 25.1 Å². The lowest BCUT2D eigenvalue weighted by molar-refractivity contribution is -0.140. The van der Waals surface area contributed by atoms with Crippen molar-refractivity contribution in [1.29, 1.82) is 0 Å². The minimum Gasteiger partial charge on any atom is -0.491 e. The van der Waals surface area contributed by atoms with E-state index < -0.39 is 23.8 Å². The number of hydrogen-bond acceptors (Lipinski definition) is 3. The van der Waals surface area contributed by atoms with E-state index in [0.717, 1.165) is 17.4 Å². The summed E-state index contributed by atoms with van der Waals surface area (Å²) in [4.78, 5) is 12.3. The van der Waals surface area contributed by atoms with Crippen LogP contribution in [-0.4, -0.2) is 24.7 Å². The smallest absolute Gasteiger partial charge is 0.419 e. The average Bonchev–Trinajstić information content (AvgIpc) is 2.61. The molecule has 0 bridgehead atoms. The molecule has 1 heterocycles. The highest BCUT2D eigenvalue weighted by atomic mass is 19.4. The molecule has 2 aromatic carbocycles. The predicted molar refractivity (Wildman–Crippen MR) is 89.1 cm³/mol. The molecule has 2 aromatic rings. The van der Waals surface area contributed by atoms with Crippen molar-refractivity contribution in [3.05, 3.63) is 59.7 Å². The van der Waals surface area contributed by atoms with Gasteiger partial charge in [-0.05, 0) is 37.1 Å². The first-order chi connectivity index (χ1) is 12.3. The van der Waals surface area contributed by atoms with Crippen molar-refractivity contribution in [2.24, 2.45) is 0 Å². The molecular formula is C19H18F3NO3. The first-order valence-electron chi connectivity index (χ1n) is 8.18. The Morgan fingerprint density at radius 1 is 1.19 bits per heavy atom. The average molecular weight is 365 g/mol. The van der Waals surface area contributed by atoms with E-state index in [1.54, 1.807) is 0 Å². The van der Waals surface area contributed by atoms with Gasteiger partial charge < -0.3 is 14.8 Å². The lowest BCUT2D eigenvalue weighted by Crippen LogP contribution is -2.47. The van der Waals surface area contributed by atoms with Gasteiger partial charge in [-0.2, -0.15) is 13.2 Å². The number of carbonyl (C=O) groups is 1. The van der Waals surface area contributed by atoms with Crippen LogP contribution in [0, 0.1) is 0 Å². The Morgan fingerprint density at radius 3 is 2.65 bits per heavy atom. The van der Waals surface area contributed by atoms with Crippen molar-refractivity contribution in [3.8, 4) is 11.5 Å². The second kappa shape index (κ2) is 7.27. The van der Waals surface area contributed by atoms with Gasteiger partial charge in [0.1, 0.15) is 18.1 Å². The van der Waals surface area contributed by atoms with E-state index in [1.807, 2.05) is 24.3 Å². The molecule has 7 heteroatoms. The molecule has 0 saturated heterocycles. The van der Waals surface area contributed by atoms with Gasteiger partial charge in [-0.3, -0.25) is 4.79 Å². The lowest BCUT2D eigenvalue weighted by atomic mass is 10.0. The predicted octanol–water partition coefficient (Wildman–Crippen LogP) is 3.59. The summed E-state index contributed by atoms with van der Waals surface area (Å²) in [6.07, 6.45) is -5.03.